The molecule has 0 unspecified atom stereocenters. The first-order chi connectivity index (χ1) is 15.1. The Morgan fingerprint density at radius 2 is 1.90 bits per heavy atom. The Morgan fingerprint density at radius 3 is 2.61 bits per heavy atom. The van der Waals surface area contributed by atoms with Crippen LogP contribution in [0, 0.1) is 6.92 Å². The number of rotatable bonds is 7. The van der Waals surface area contributed by atoms with E-state index in [1.807, 2.05) is 61.5 Å². The molecule has 0 amide bonds. The number of aromatic nitrogens is 2. The fourth-order valence-corrected chi connectivity index (χ4v) is 4.66. The van der Waals surface area contributed by atoms with Gasteiger partial charge in [0.15, 0.2) is 5.82 Å². The van der Waals surface area contributed by atoms with Gasteiger partial charge in [0.1, 0.15) is 10.6 Å². The van der Waals surface area contributed by atoms with Gasteiger partial charge in [-0.25, -0.2) is 4.98 Å². The normalized spacial score (nSPS) is 11.8. The zero-order valence-corrected chi connectivity index (χ0v) is 19.0. The quantitative estimate of drug-likeness (QED) is 0.312. The number of thiophene rings is 1. The highest BCUT2D eigenvalue weighted by atomic mass is 35.5. The zero-order chi connectivity index (χ0) is 21.8. The van der Waals surface area contributed by atoms with Crippen LogP contribution in [0.15, 0.2) is 59.4 Å². The van der Waals surface area contributed by atoms with E-state index in [4.69, 9.17) is 16.3 Å². The second-order valence-corrected chi connectivity index (χ2v) is 8.87. The molecular formula is C25H23ClN2O2S. The minimum absolute atomic E-state index is 0.186. The summed E-state index contributed by atoms with van der Waals surface area (Å²) in [6, 6.07) is 17.6. The second-order valence-electron chi connectivity index (χ2n) is 7.26. The molecule has 0 aliphatic heterocycles. The number of hydrogen-bond acceptors (Lipinski definition) is 4. The first-order valence-electron chi connectivity index (χ1n) is 10.3. The third-order valence-electron chi connectivity index (χ3n) is 4.97. The molecule has 0 bridgehead atoms. The third kappa shape index (κ3) is 4.73. The van der Waals surface area contributed by atoms with E-state index in [1.54, 1.807) is 6.08 Å². The molecule has 0 aliphatic carbocycles. The molecule has 2 heterocycles. The van der Waals surface area contributed by atoms with E-state index in [9.17, 15) is 4.79 Å². The molecule has 2 aromatic carbocycles. The monoisotopic (exact) mass is 450 g/mol. The molecular weight excluding hydrogens is 428 g/mol. The lowest BCUT2D eigenvalue weighted by Crippen LogP contribution is -2.10. The number of nitrogens with one attached hydrogen (secondary N) is 1. The maximum atomic E-state index is 12.9. The highest BCUT2D eigenvalue weighted by Gasteiger charge is 2.17. The topological polar surface area (TPSA) is 55.0 Å². The van der Waals surface area contributed by atoms with Crippen molar-refractivity contribution in [1.29, 1.82) is 0 Å². The van der Waals surface area contributed by atoms with Crippen LogP contribution in [-0.2, 0) is 0 Å². The molecule has 4 nitrogen and oxygen atoms in total. The van der Waals surface area contributed by atoms with Crippen molar-refractivity contribution < 1.29 is 4.74 Å². The van der Waals surface area contributed by atoms with Gasteiger partial charge in [-0.2, -0.15) is 0 Å². The largest absolute Gasteiger partial charge is 0.494 e. The van der Waals surface area contributed by atoms with E-state index in [1.165, 1.54) is 11.3 Å². The van der Waals surface area contributed by atoms with E-state index >= 15 is 0 Å². The Kier molecular flexibility index (Phi) is 6.54. The van der Waals surface area contributed by atoms with Crippen LogP contribution in [0.1, 0.15) is 36.0 Å². The maximum absolute atomic E-state index is 12.9. The highest BCUT2D eigenvalue weighted by Crippen LogP contribution is 2.36. The average Bonchev–Trinajstić information content (AvgIpc) is 3.12. The van der Waals surface area contributed by atoms with E-state index in [-0.39, 0.29) is 5.56 Å². The molecule has 0 spiro atoms. The minimum Gasteiger partial charge on any atom is -0.494 e. The van der Waals surface area contributed by atoms with Crippen molar-refractivity contribution in [3.63, 3.8) is 0 Å². The summed E-state index contributed by atoms with van der Waals surface area (Å²) in [5, 5.41) is 0.987. The lowest BCUT2D eigenvalue weighted by Gasteiger charge is -2.05. The Balaban J connectivity index is 1.65. The summed E-state index contributed by atoms with van der Waals surface area (Å²) < 4.78 is 5.69. The number of halogens is 1. The summed E-state index contributed by atoms with van der Waals surface area (Å²) in [5.74, 6) is 1.19. The van der Waals surface area contributed by atoms with Crippen LogP contribution in [0.25, 0.3) is 32.5 Å². The zero-order valence-electron chi connectivity index (χ0n) is 17.4. The number of benzene rings is 2. The summed E-state index contributed by atoms with van der Waals surface area (Å²) >= 11 is 8.02. The predicted octanol–water partition coefficient (Wildman–Crippen LogP) is 6.88. The van der Waals surface area contributed by atoms with Gasteiger partial charge >= 0.3 is 0 Å². The van der Waals surface area contributed by atoms with Crippen LogP contribution < -0.4 is 10.3 Å². The van der Waals surface area contributed by atoms with Crippen molar-refractivity contribution in [2.45, 2.75) is 26.7 Å². The first kappa shape index (κ1) is 21.3. The van der Waals surface area contributed by atoms with E-state index < -0.39 is 0 Å². The van der Waals surface area contributed by atoms with Crippen molar-refractivity contribution in [1.82, 2.24) is 9.97 Å². The van der Waals surface area contributed by atoms with Crippen LogP contribution in [0.2, 0.25) is 0 Å². The fraction of sp³-hybridized carbons (Fsp3) is 0.200. The molecule has 2 aromatic heterocycles. The van der Waals surface area contributed by atoms with Crippen LogP contribution >= 0.6 is 22.9 Å². The molecule has 4 rings (SSSR count). The molecule has 31 heavy (non-hydrogen) atoms. The maximum Gasteiger partial charge on any atom is 0.260 e. The molecule has 6 heteroatoms. The van der Waals surface area contributed by atoms with Crippen molar-refractivity contribution in [2.24, 2.45) is 0 Å². The van der Waals surface area contributed by atoms with Gasteiger partial charge in [0.2, 0.25) is 0 Å². The minimum atomic E-state index is -0.186. The van der Waals surface area contributed by atoms with Crippen LogP contribution in [-0.4, -0.2) is 16.6 Å². The molecule has 4 aromatic rings. The SMILES string of the molecule is CCCCOc1ccc(C=C(Cl)c2nc3sc(C)c(-c4ccccc4)c3c(=O)[nH]2)cc1. The number of unbranched alkanes of at least 4 members (excludes halogenated alkanes) is 1. The molecule has 0 aliphatic rings. The lowest BCUT2D eigenvalue weighted by molar-refractivity contribution is 0.309. The lowest BCUT2D eigenvalue weighted by atomic mass is 10.0. The molecule has 0 atom stereocenters. The van der Waals surface area contributed by atoms with E-state index in [2.05, 4.69) is 16.9 Å². The molecule has 0 radical (unpaired) electrons. The average molecular weight is 451 g/mol. The number of aromatic amines is 1. The number of fused-ring (bicyclic) bond motifs is 1. The molecule has 0 fully saturated rings. The van der Waals surface area contributed by atoms with Gasteiger partial charge in [0.25, 0.3) is 5.56 Å². The Hall–Kier alpha value is -2.89. The number of nitrogens with zero attached hydrogens (tertiary/aromatic N) is 1. The van der Waals surface area contributed by atoms with Gasteiger partial charge in [-0.1, -0.05) is 67.4 Å². The van der Waals surface area contributed by atoms with Crippen LogP contribution in [0.4, 0.5) is 0 Å². The molecule has 158 valence electrons. The standard InChI is InChI=1S/C25H23ClN2O2S/c1-3-4-14-30-19-12-10-17(11-13-19)15-20(26)23-27-24(29)22-21(16(2)31-25(22)28-23)18-8-6-5-7-9-18/h5-13,15H,3-4,14H2,1-2H3,(H,27,28,29). The van der Waals surface area contributed by atoms with Crippen molar-refractivity contribution in [3.8, 4) is 16.9 Å². The predicted molar refractivity (Wildman–Crippen MR) is 131 cm³/mol. The summed E-state index contributed by atoms with van der Waals surface area (Å²) in [4.78, 5) is 22.2. The van der Waals surface area contributed by atoms with Gasteiger partial charge in [-0.05, 0) is 42.7 Å². The van der Waals surface area contributed by atoms with Crippen molar-refractivity contribution in [3.05, 3.63) is 81.2 Å². The van der Waals surface area contributed by atoms with Crippen LogP contribution in [0.3, 0.4) is 0 Å². The molecule has 0 saturated carbocycles. The first-order valence-corrected chi connectivity index (χ1v) is 11.5. The molecule has 0 saturated heterocycles. The Labute approximate surface area is 190 Å². The summed E-state index contributed by atoms with van der Waals surface area (Å²) in [6.45, 7) is 4.85. The van der Waals surface area contributed by atoms with E-state index in [0.29, 0.717) is 27.7 Å². The number of hydrogen-bond donors (Lipinski definition) is 1. The van der Waals surface area contributed by atoms with Gasteiger partial charge in [0, 0.05) is 10.4 Å². The van der Waals surface area contributed by atoms with Crippen LogP contribution in [0.5, 0.6) is 5.75 Å². The summed E-state index contributed by atoms with van der Waals surface area (Å²) in [6.07, 6.45) is 3.92. The Morgan fingerprint density at radius 1 is 1.16 bits per heavy atom. The summed E-state index contributed by atoms with van der Waals surface area (Å²) in [5.41, 5.74) is 2.66. The number of H-pyrrole nitrogens is 1. The van der Waals surface area contributed by atoms with Crippen molar-refractivity contribution in [2.75, 3.05) is 6.61 Å². The smallest absolute Gasteiger partial charge is 0.260 e. The molecule has 1 N–H and O–H groups in total. The van der Waals surface area contributed by atoms with Gasteiger partial charge < -0.3 is 9.72 Å². The van der Waals surface area contributed by atoms with Gasteiger partial charge in [-0.15, -0.1) is 11.3 Å². The fourth-order valence-electron chi connectivity index (χ4n) is 3.39. The Bertz CT molecular complexity index is 1270. The van der Waals surface area contributed by atoms with Gasteiger partial charge in [-0.3, -0.25) is 4.79 Å². The highest BCUT2D eigenvalue weighted by molar-refractivity contribution is 7.19. The van der Waals surface area contributed by atoms with Gasteiger partial charge in [0.05, 0.1) is 17.0 Å². The summed E-state index contributed by atoms with van der Waals surface area (Å²) in [7, 11) is 0. The third-order valence-corrected chi connectivity index (χ3v) is 6.25. The second kappa shape index (κ2) is 9.50. The van der Waals surface area contributed by atoms with E-state index in [0.717, 1.165) is 40.2 Å². The number of aryl methyl sites for hydroxylation is 1. The number of ether oxygens (including phenoxy) is 1. The van der Waals surface area contributed by atoms with Crippen molar-refractivity contribution >= 4 is 44.3 Å².